The number of carbonyl (C=O) groups excluding carboxylic acids is 1. The fourth-order valence-corrected chi connectivity index (χ4v) is 2.28. The molecule has 2 aromatic carbocycles. The van der Waals surface area contributed by atoms with Crippen LogP contribution in [0.4, 0.5) is 11.4 Å². The van der Waals surface area contributed by atoms with Gasteiger partial charge in [-0.2, -0.15) is 0 Å². The van der Waals surface area contributed by atoms with Crippen molar-refractivity contribution < 1.29 is 4.79 Å². The highest BCUT2D eigenvalue weighted by Gasteiger charge is 2.13. The van der Waals surface area contributed by atoms with E-state index in [9.17, 15) is 4.79 Å². The second-order valence-corrected chi connectivity index (χ2v) is 5.67. The highest BCUT2D eigenvalue weighted by Crippen LogP contribution is 2.16. The molecule has 2 N–H and O–H groups in total. The summed E-state index contributed by atoms with van der Waals surface area (Å²) in [5.41, 5.74) is 4.02. The van der Waals surface area contributed by atoms with Crippen LogP contribution in [0.2, 0.25) is 5.02 Å². The highest BCUT2D eigenvalue weighted by molar-refractivity contribution is 6.30. The minimum Gasteiger partial charge on any atom is -0.374 e. The molecule has 1 unspecified atom stereocenters. The van der Waals surface area contributed by atoms with Gasteiger partial charge in [0.2, 0.25) is 5.91 Å². The van der Waals surface area contributed by atoms with Crippen LogP contribution in [0.1, 0.15) is 18.1 Å². The third-order valence-electron chi connectivity index (χ3n) is 3.11. The third-order valence-corrected chi connectivity index (χ3v) is 3.36. The van der Waals surface area contributed by atoms with Gasteiger partial charge in [-0.15, -0.1) is 0 Å². The molecule has 0 bridgehead atoms. The number of hydrogen-bond donors (Lipinski definition) is 2. The summed E-state index contributed by atoms with van der Waals surface area (Å²) in [6.45, 7) is 5.91. The van der Waals surface area contributed by atoms with E-state index in [0.29, 0.717) is 5.02 Å². The molecule has 0 heterocycles. The summed E-state index contributed by atoms with van der Waals surface area (Å²) >= 11 is 5.82. The third kappa shape index (κ3) is 4.50. The lowest BCUT2D eigenvalue weighted by molar-refractivity contribution is -0.116. The van der Waals surface area contributed by atoms with Crippen LogP contribution in [0.5, 0.6) is 0 Å². The van der Waals surface area contributed by atoms with Gasteiger partial charge in [0.05, 0.1) is 0 Å². The van der Waals surface area contributed by atoms with Gasteiger partial charge in [-0.1, -0.05) is 17.7 Å². The van der Waals surface area contributed by atoms with E-state index >= 15 is 0 Å². The molecule has 21 heavy (non-hydrogen) atoms. The Hall–Kier alpha value is -2.00. The molecule has 0 aliphatic rings. The zero-order chi connectivity index (χ0) is 15.4. The van der Waals surface area contributed by atoms with Crippen LogP contribution in [0, 0.1) is 13.8 Å². The van der Waals surface area contributed by atoms with Crippen LogP contribution in [-0.2, 0) is 4.79 Å². The summed E-state index contributed by atoms with van der Waals surface area (Å²) in [7, 11) is 0. The lowest BCUT2D eigenvalue weighted by atomic mass is 10.1. The average Bonchev–Trinajstić information content (AvgIpc) is 2.40. The van der Waals surface area contributed by atoms with Crippen LogP contribution in [0.3, 0.4) is 0 Å². The van der Waals surface area contributed by atoms with Crippen molar-refractivity contribution in [3.05, 3.63) is 58.6 Å². The number of rotatable bonds is 4. The van der Waals surface area contributed by atoms with Gasteiger partial charge in [-0.25, -0.2) is 0 Å². The quantitative estimate of drug-likeness (QED) is 0.879. The fourth-order valence-electron chi connectivity index (χ4n) is 2.16. The predicted molar refractivity (Wildman–Crippen MR) is 89.1 cm³/mol. The Morgan fingerprint density at radius 3 is 2.14 bits per heavy atom. The first-order chi connectivity index (χ1) is 9.94. The van der Waals surface area contributed by atoms with Crippen molar-refractivity contribution in [3.8, 4) is 0 Å². The summed E-state index contributed by atoms with van der Waals surface area (Å²) in [5.74, 6) is -0.0866. The summed E-state index contributed by atoms with van der Waals surface area (Å²) in [5, 5.41) is 6.72. The monoisotopic (exact) mass is 302 g/mol. The Morgan fingerprint density at radius 1 is 1.00 bits per heavy atom. The zero-order valence-electron chi connectivity index (χ0n) is 12.4. The molecule has 0 aliphatic heterocycles. The highest BCUT2D eigenvalue weighted by atomic mass is 35.5. The van der Waals surface area contributed by atoms with Gasteiger partial charge < -0.3 is 10.6 Å². The maximum atomic E-state index is 12.2. The molecule has 0 fully saturated rings. The van der Waals surface area contributed by atoms with Crippen LogP contribution >= 0.6 is 11.6 Å². The fraction of sp³-hybridized carbons (Fsp3) is 0.235. The van der Waals surface area contributed by atoms with Crippen LogP contribution in [0.15, 0.2) is 42.5 Å². The van der Waals surface area contributed by atoms with Crippen molar-refractivity contribution in [1.82, 2.24) is 0 Å². The largest absolute Gasteiger partial charge is 0.374 e. The first kappa shape index (κ1) is 15.4. The molecule has 0 aromatic heterocycles. The number of benzene rings is 2. The summed E-state index contributed by atoms with van der Waals surface area (Å²) in [6, 6.07) is 12.9. The molecule has 0 radical (unpaired) electrons. The minimum absolute atomic E-state index is 0.0866. The normalized spacial score (nSPS) is 11.8. The number of carbonyl (C=O) groups is 1. The van der Waals surface area contributed by atoms with Crippen molar-refractivity contribution in [1.29, 1.82) is 0 Å². The van der Waals surface area contributed by atoms with E-state index in [2.05, 4.69) is 16.7 Å². The number of hydrogen-bond acceptors (Lipinski definition) is 2. The van der Waals surface area contributed by atoms with Gasteiger partial charge in [-0.05, 0) is 68.3 Å². The molecule has 4 heteroatoms. The van der Waals surface area contributed by atoms with Crippen molar-refractivity contribution >= 4 is 28.9 Å². The molecular weight excluding hydrogens is 284 g/mol. The SMILES string of the molecule is Cc1cc(C)cc(NC(C)C(=O)Nc2ccc(Cl)cc2)c1. The lowest BCUT2D eigenvalue weighted by Gasteiger charge is -2.16. The number of nitrogens with one attached hydrogen (secondary N) is 2. The topological polar surface area (TPSA) is 41.1 Å². The van der Waals surface area contributed by atoms with Crippen molar-refractivity contribution in [2.24, 2.45) is 0 Å². The van der Waals surface area contributed by atoms with E-state index in [1.165, 1.54) is 11.1 Å². The minimum atomic E-state index is -0.332. The first-order valence-corrected chi connectivity index (χ1v) is 7.23. The predicted octanol–water partition coefficient (Wildman–Crippen LogP) is 4.40. The van der Waals surface area contributed by atoms with Gasteiger partial charge in [-0.3, -0.25) is 4.79 Å². The number of amides is 1. The molecule has 1 amide bonds. The van der Waals surface area contributed by atoms with Gasteiger partial charge in [0.25, 0.3) is 0 Å². The molecule has 0 aliphatic carbocycles. The smallest absolute Gasteiger partial charge is 0.246 e. The molecule has 110 valence electrons. The van der Waals surface area contributed by atoms with E-state index in [-0.39, 0.29) is 11.9 Å². The molecule has 0 saturated carbocycles. The number of anilines is 2. The summed E-state index contributed by atoms with van der Waals surface area (Å²) in [4.78, 5) is 12.2. The Bertz CT molecular complexity index is 617. The lowest BCUT2D eigenvalue weighted by Crippen LogP contribution is -2.31. The second kappa shape index (κ2) is 6.64. The molecule has 0 saturated heterocycles. The van der Waals surface area contributed by atoms with Crippen LogP contribution in [-0.4, -0.2) is 11.9 Å². The van der Waals surface area contributed by atoms with Crippen LogP contribution < -0.4 is 10.6 Å². The van der Waals surface area contributed by atoms with Crippen molar-refractivity contribution in [2.45, 2.75) is 26.8 Å². The first-order valence-electron chi connectivity index (χ1n) is 6.85. The molecule has 2 aromatic rings. The molecule has 1 atom stereocenters. The Balaban J connectivity index is 2.00. The molecule has 0 spiro atoms. The number of halogens is 1. The molecule has 3 nitrogen and oxygen atoms in total. The maximum absolute atomic E-state index is 12.2. The van der Waals surface area contributed by atoms with Crippen molar-refractivity contribution in [2.75, 3.05) is 10.6 Å². The number of aryl methyl sites for hydroxylation is 2. The maximum Gasteiger partial charge on any atom is 0.246 e. The molecule has 2 rings (SSSR count). The van der Waals surface area contributed by atoms with E-state index in [1.807, 2.05) is 32.9 Å². The molecular formula is C17H19ClN2O. The van der Waals surface area contributed by atoms with E-state index < -0.39 is 0 Å². The van der Waals surface area contributed by atoms with Crippen LogP contribution in [0.25, 0.3) is 0 Å². The summed E-state index contributed by atoms with van der Waals surface area (Å²) in [6.07, 6.45) is 0. The standard InChI is InChI=1S/C17H19ClN2O/c1-11-8-12(2)10-16(9-11)19-13(3)17(21)20-15-6-4-14(18)5-7-15/h4-10,13,19H,1-3H3,(H,20,21). The Labute approximate surface area is 130 Å². The Kier molecular flexibility index (Phi) is 4.86. The van der Waals surface area contributed by atoms with Gasteiger partial charge >= 0.3 is 0 Å². The van der Waals surface area contributed by atoms with Gasteiger partial charge in [0.15, 0.2) is 0 Å². The average molecular weight is 303 g/mol. The summed E-state index contributed by atoms with van der Waals surface area (Å²) < 4.78 is 0. The van der Waals surface area contributed by atoms with E-state index in [4.69, 9.17) is 11.6 Å². The Morgan fingerprint density at radius 2 is 1.57 bits per heavy atom. The zero-order valence-corrected chi connectivity index (χ0v) is 13.2. The van der Waals surface area contributed by atoms with E-state index in [0.717, 1.165) is 11.4 Å². The van der Waals surface area contributed by atoms with Crippen molar-refractivity contribution in [3.63, 3.8) is 0 Å². The van der Waals surface area contributed by atoms with Gasteiger partial charge in [0.1, 0.15) is 6.04 Å². The van der Waals surface area contributed by atoms with E-state index in [1.54, 1.807) is 24.3 Å². The second-order valence-electron chi connectivity index (χ2n) is 5.24. The van der Waals surface area contributed by atoms with Gasteiger partial charge in [0, 0.05) is 16.4 Å².